The van der Waals surface area contributed by atoms with Gasteiger partial charge in [-0.05, 0) is 23.3 Å². The van der Waals surface area contributed by atoms with E-state index in [-0.39, 0.29) is 5.82 Å². The van der Waals surface area contributed by atoms with Crippen LogP contribution in [0.15, 0.2) is 42.6 Å². The second kappa shape index (κ2) is 6.12. The molecular weight excluding hydrogens is 231 g/mol. The van der Waals surface area contributed by atoms with Gasteiger partial charge < -0.3 is 10.1 Å². The van der Waals surface area contributed by atoms with Crippen molar-refractivity contribution in [3.05, 3.63) is 59.5 Å². The third kappa shape index (κ3) is 3.53. The highest BCUT2D eigenvalue weighted by molar-refractivity contribution is 5.18. The van der Waals surface area contributed by atoms with Crippen molar-refractivity contribution in [2.45, 2.75) is 13.1 Å². The molecule has 94 valence electrons. The van der Waals surface area contributed by atoms with Gasteiger partial charge in [0.2, 0.25) is 5.88 Å². The number of nitrogens with zero attached hydrogens (tertiary/aromatic N) is 1. The highest BCUT2D eigenvalue weighted by atomic mass is 19.1. The minimum Gasteiger partial charge on any atom is -0.481 e. The molecule has 1 aromatic heterocycles. The Hall–Kier alpha value is -1.94. The summed E-state index contributed by atoms with van der Waals surface area (Å²) in [7, 11) is 1.59. The SMILES string of the molecule is COc1ccc(CNCc2ccc(F)cc2)cn1. The molecule has 1 aromatic carbocycles. The first-order valence-corrected chi connectivity index (χ1v) is 5.72. The highest BCUT2D eigenvalue weighted by Crippen LogP contribution is 2.07. The summed E-state index contributed by atoms with van der Waals surface area (Å²) in [6, 6.07) is 10.3. The van der Waals surface area contributed by atoms with Gasteiger partial charge in [-0.3, -0.25) is 0 Å². The molecule has 0 fully saturated rings. The Kier molecular flexibility index (Phi) is 4.25. The fourth-order valence-corrected chi connectivity index (χ4v) is 1.59. The van der Waals surface area contributed by atoms with E-state index in [0.29, 0.717) is 19.0 Å². The molecule has 0 atom stereocenters. The molecule has 18 heavy (non-hydrogen) atoms. The van der Waals surface area contributed by atoms with Crippen molar-refractivity contribution in [1.82, 2.24) is 10.3 Å². The van der Waals surface area contributed by atoms with Gasteiger partial charge in [0.05, 0.1) is 7.11 Å². The number of benzene rings is 1. The number of rotatable bonds is 5. The van der Waals surface area contributed by atoms with Gasteiger partial charge in [0.15, 0.2) is 0 Å². The maximum Gasteiger partial charge on any atom is 0.212 e. The third-order valence-electron chi connectivity index (χ3n) is 2.58. The summed E-state index contributed by atoms with van der Waals surface area (Å²) < 4.78 is 17.7. The number of hydrogen-bond acceptors (Lipinski definition) is 3. The number of methoxy groups -OCH3 is 1. The first kappa shape index (κ1) is 12.5. The van der Waals surface area contributed by atoms with Crippen LogP contribution in [0.3, 0.4) is 0 Å². The minimum atomic E-state index is -0.210. The summed E-state index contributed by atoms with van der Waals surface area (Å²) in [4.78, 5) is 4.12. The van der Waals surface area contributed by atoms with Crippen molar-refractivity contribution in [3.63, 3.8) is 0 Å². The van der Waals surface area contributed by atoms with Gasteiger partial charge in [-0.1, -0.05) is 18.2 Å². The van der Waals surface area contributed by atoms with Crippen molar-refractivity contribution in [2.24, 2.45) is 0 Å². The van der Waals surface area contributed by atoms with Crippen LogP contribution in [0.5, 0.6) is 5.88 Å². The van der Waals surface area contributed by atoms with Gasteiger partial charge in [0, 0.05) is 25.4 Å². The minimum absolute atomic E-state index is 0.210. The van der Waals surface area contributed by atoms with E-state index in [9.17, 15) is 4.39 Å². The summed E-state index contributed by atoms with van der Waals surface area (Å²) in [6.07, 6.45) is 1.77. The molecule has 1 N–H and O–H groups in total. The van der Waals surface area contributed by atoms with Gasteiger partial charge in [-0.25, -0.2) is 9.37 Å². The van der Waals surface area contributed by atoms with E-state index >= 15 is 0 Å². The average molecular weight is 246 g/mol. The van der Waals surface area contributed by atoms with Crippen molar-refractivity contribution in [3.8, 4) is 5.88 Å². The normalized spacial score (nSPS) is 10.3. The molecule has 0 unspecified atom stereocenters. The summed E-state index contributed by atoms with van der Waals surface area (Å²) in [6.45, 7) is 1.42. The number of aromatic nitrogens is 1. The number of pyridine rings is 1. The molecule has 0 aliphatic carbocycles. The molecule has 0 aliphatic heterocycles. The lowest BCUT2D eigenvalue weighted by atomic mass is 10.2. The van der Waals surface area contributed by atoms with Gasteiger partial charge in [0.25, 0.3) is 0 Å². The quantitative estimate of drug-likeness (QED) is 0.880. The summed E-state index contributed by atoms with van der Waals surface area (Å²) in [5.74, 6) is 0.399. The Morgan fingerprint density at radius 1 is 1.06 bits per heavy atom. The third-order valence-corrected chi connectivity index (χ3v) is 2.58. The van der Waals surface area contributed by atoms with Crippen LogP contribution in [0.2, 0.25) is 0 Å². The maximum atomic E-state index is 12.7. The second-order valence-electron chi connectivity index (χ2n) is 3.94. The molecule has 0 saturated heterocycles. The molecule has 3 nitrogen and oxygen atoms in total. The van der Waals surface area contributed by atoms with Crippen LogP contribution < -0.4 is 10.1 Å². The Morgan fingerprint density at radius 2 is 1.72 bits per heavy atom. The van der Waals surface area contributed by atoms with Crippen molar-refractivity contribution < 1.29 is 9.13 Å². The predicted molar refractivity (Wildman–Crippen MR) is 67.7 cm³/mol. The first-order chi connectivity index (χ1) is 8.78. The van der Waals surface area contributed by atoms with Gasteiger partial charge in [-0.2, -0.15) is 0 Å². The molecule has 0 spiro atoms. The van der Waals surface area contributed by atoms with Crippen LogP contribution in [0, 0.1) is 5.82 Å². The van der Waals surface area contributed by atoms with Crippen molar-refractivity contribution in [1.29, 1.82) is 0 Å². The number of halogens is 1. The topological polar surface area (TPSA) is 34.1 Å². The summed E-state index contributed by atoms with van der Waals surface area (Å²) >= 11 is 0. The van der Waals surface area contributed by atoms with Crippen LogP contribution in [0.25, 0.3) is 0 Å². The van der Waals surface area contributed by atoms with Crippen LogP contribution in [-0.2, 0) is 13.1 Å². The molecule has 2 rings (SSSR count). The van der Waals surface area contributed by atoms with E-state index in [0.717, 1.165) is 11.1 Å². The van der Waals surface area contributed by atoms with Crippen LogP contribution in [0.4, 0.5) is 4.39 Å². The van der Waals surface area contributed by atoms with E-state index < -0.39 is 0 Å². The standard InChI is InChI=1S/C14H15FN2O/c1-18-14-7-4-12(10-17-14)9-16-8-11-2-5-13(15)6-3-11/h2-7,10,16H,8-9H2,1H3. The van der Waals surface area contributed by atoms with Crippen molar-refractivity contribution in [2.75, 3.05) is 7.11 Å². The number of ether oxygens (including phenoxy) is 1. The van der Waals surface area contributed by atoms with E-state index in [4.69, 9.17) is 4.74 Å². The van der Waals surface area contributed by atoms with E-state index in [2.05, 4.69) is 10.3 Å². The van der Waals surface area contributed by atoms with E-state index in [1.807, 2.05) is 12.1 Å². The molecule has 0 saturated carbocycles. The summed E-state index contributed by atoms with van der Waals surface area (Å²) in [5.41, 5.74) is 2.13. The smallest absolute Gasteiger partial charge is 0.212 e. The Morgan fingerprint density at radius 3 is 2.33 bits per heavy atom. The zero-order chi connectivity index (χ0) is 12.8. The fraction of sp³-hybridized carbons (Fsp3) is 0.214. The molecule has 0 amide bonds. The van der Waals surface area contributed by atoms with Crippen LogP contribution >= 0.6 is 0 Å². The van der Waals surface area contributed by atoms with E-state index in [1.54, 1.807) is 25.4 Å². The second-order valence-corrected chi connectivity index (χ2v) is 3.94. The molecule has 0 aliphatic rings. The lowest BCUT2D eigenvalue weighted by Gasteiger charge is -2.05. The molecule has 0 radical (unpaired) electrons. The molecular formula is C14H15FN2O. The average Bonchev–Trinajstić information content (AvgIpc) is 2.42. The largest absolute Gasteiger partial charge is 0.481 e. The molecule has 2 aromatic rings. The van der Waals surface area contributed by atoms with Gasteiger partial charge in [0.1, 0.15) is 5.82 Å². The zero-order valence-corrected chi connectivity index (χ0v) is 10.2. The molecule has 4 heteroatoms. The zero-order valence-electron chi connectivity index (χ0n) is 10.2. The lowest BCUT2D eigenvalue weighted by molar-refractivity contribution is 0.397. The van der Waals surface area contributed by atoms with E-state index in [1.165, 1.54) is 12.1 Å². The first-order valence-electron chi connectivity index (χ1n) is 5.72. The number of hydrogen-bond donors (Lipinski definition) is 1. The monoisotopic (exact) mass is 246 g/mol. The highest BCUT2D eigenvalue weighted by Gasteiger charge is 1.97. The molecule has 1 heterocycles. The van der Waals surface area contributed by atoms with Gasteiger partial charge in [-0.15, -0.1) is 0 Å². The Labute approximate surface area is 106 Å². The van der Waals surface area contributed by atoms with Crippen LogP contribution in [0.1, 0.15) is 11.1 Å². The van der Waals surface area contributed by atoms with Gasteiger partial charge >= 0.3 is 0 Å². The lowest BCUT2D eigenvalue weighted by Crippen LogP contribution is -2.12. The van der Waals surface area contributed by atoms with Crippen molar-refractivity contribution >= 4 is 0 Å². The van der Waals surface area contributed by atoms with Crippen LogP contribution in [-0.4, -0.2) is 12.1 Å². The maximum absolute atomic E-state index is 12.7. The Balaban J connectivity index is 1.82. The number of nitrogens with one attached hydrogen (secondary N) is 1. The predicted octanol–water partition coefficient (Wildman–Crippen LogP) is 2.52. The fourth-order valence-electron chi connectivity index (χ4n) is 1.59. The molecule has 0 bridgehead atoms. The summed E-state index contributed by atoms with van der Waals surface area (Å²) in [5, 5.41) is 3.27. The Bertz CT molecular complexity index is 482.